The number of hydrogen-bond acceptors (Lipinski definition) is 6. The lowest BCUT2D eigenvalue weighted by Crippen LogP contribution is -1.97. The monoisotopic (exact) mass is 392 g/mol. The van der Waals surface area contributed by atoms with Crippen LogP contribution >= 0.6 is 11.3 Å². The molecule has 2 aromatic heterocycles. The fourth-order valence-electron chi connectivity index (χ4n) is 3.34. The van der Waals surface area contributed by atoms with Crippen molar-refractivity contribution in [2.75, 3.05) is 27.1 Å². The van der Waals surface area contributed by atoms with Crippen LogP contribution in [0.25, 0.3) is 32.3 Å². The van der Waals surface area contributed by atoms with E-state index in [1.165, 1.54) is 0 Å². The van der Waals surface area contributed by atoms with Gasteiger partial charge in [0.1, 0.15) is 5.82 Å². The van der Waals surface area contributed by atoms with Gasteiger partial charge in [0, 0.05) is 27.4 Å². The summed E-state index contributed by atoms with van der Waals surface area (Å²) in [5.41, 5.74) is 10.4. The lowest BCUT2D eigenvalue weighted by molar-refractivity contribution is 0.324. The van der Waals surface area contributed by atoms with E-state index in [-0.39, 0.29) is 0 Å². The smallest absolute Gasteiger partial charge is 0.203 e. The first-order chi connectivity index (χ1) is 13.7. The number of nitrogens with zero attached hydrogens (tertiary/aromatic N) is 1. The maximum atomic E-state index is 6.27. The molecule has 2 heterocycles. The number of rotatable bonds is 5. The molecule has 0 unspecified atom stereocenters. The van der Waals surface area contributed by atoms with E-state index in [1.54, 1.807) is 38.9 Å². The zero-order chi connectivity index (χ0) is 19.7. The van der Waals surface area contributed by atoms with Crippen LogP contribution in [0.3, 0.4) is 0 Å². The highest BCUT2D eigenvalue weighted by Gasteiger charge is 2.19. The first-order valence-electron chi connectivity index (χ1n) is 8.69. The second-order valence-electron chi connectivity index (χ2n) is 6.19. The summed E-state index contributed by atoms with van der Waals surface area (Å²) in [7, 11) is 4.81. The Kier molecular flexibility index (Phi) is 4.79. The number of hydrogen-bond donors (Lipinski definition) is 1. The minimum Gasteiger partial charge on any atom is -0.493 e. The average Bonchev–Trinajstić information content (AvgIpc) is 3.19. The Hall–Kier alpha value is -3.25. The number of ether oxygens (including phenoxy) is 3. The molecule has 2 N–H and O–H groups in total. The highest BCUT2D eigenvalue weighted by atomic mass is 32.1. The molecule has 2 aromatic carbocycles. The van der Waals surface area contributed by atoms with E-state index in [0.717, 1.165) is 32.3 Å². The van der Waals surface area contributed by atoms with Crippen LogP contribution in [0.4, 0.5) is 5.82 Å². The van der Waals surface area contributed by atoms with Crippen LogP contribution in [0.15, 0.2) is 54.0 Å². The van der Waals surface area contributed by atoms with Gasteiger partial charge in [-0.15, -0.1) is 11.3 Å². The maximum absolute atomic E-state index is 6.27. The van der Waals surface area contributed by atoms with E-state index in [9.17, 15) is 0 Å². The van der Waals surface area contributed by atoms with E-state index in [1.807, 2.05) is 30.3 Å². The number of fused-ring (bicyclic) bond motifs is 1. The Balaban J connectivity index is 1.96. The fraction of sp³-hybridized carbons (Fsp3) is 0.136. The molecule has 0 radical (unpaired) electrons. The number of methoxy groups -OCH3 is 3. The van der Waals surface area contributed by atoms with Crippen LogP contribution < -0.4 is 19.9 Å². The number of aromatic nitrogens is 1. The molecular weight excluding hydrogens is 372 g/mol. The fourth-order valence-corrected chi connectivity index (χ4v) is 4.46. The quantitative estimate of drug-likeness (QED) is 0.503. The first-order valence-corrected chi connectivity index (χ1v) is 9.57. The van der Waals surface area contributed by atoms with Gasteiger partial charge in [-0.05, 0) is 28.6 Å². The minimum atomic E-state index is 0.520. The second kappa shape index (κ2) is 7.40. The summed E-state index contributed by atoms with van der Waals surface area (Å²) in [5.74, 6) is 2.28. The van der Waals surface area contributed by atoms with Gasteiger partial charge in [-0.25, -0.2) is 4.98 Å². The van der Waals surface area contributed by atoms with Crippen LogP contribution in [0.2, 0.25) is 0 Å². The first kappa shape index (κ1) is 18.1. The highest BCUT2D eigenvalue weighted by Crippen LogP contribution is 2.45. The summed E-state index contributed by atoms with van der Waals surface area (Å²) in [6, 6.07) is 14.0. The van der Waals surface area contributed by atoms with Crippen LogP contribution in [0.1, 0.15) is 0 Å². The zero-order valence-electron chi connectivity index (χ0n) is 15.9. The topological polar surface area (TPSA) is 66.6 Å². The minimum absolute atomic E-state index is 0.520. The number of thiophene rings is 1. The third-order valence-electron chi connectivity index (χ3n) is 4.69. The molecule has 0 saturated carbocycles. The number of anilines is 1. The summed E-state index contributed by atoms with van der Waals surface area (Å²) >= 11 is 1.65. The largest absolute Gasteiger partial charge is 0.493 e. The molecule has 0 fully saturated rings. The van der Waals surface area contributed by atoms with Crippen molar-refractivity contribution in [3.8, 4) is 39.5 Å². The third kappa shape index (κ3) is 2.92. The van der Waals surface area contributed by atoms with Gasteiger partial charge in [0.2, 0.25) is 5.75 Å². The molecule has 4 rings (SSSR count). The molecule has 0 saturated heterocycles. The van der Waals surface area contributed by atoms with Gasteiger partial charge >= 0.3 is 0 Å². The van der Waals surface area contributed by atoms with Crippen molar-refractivity contribution >= 4 is 27.2 Å². The Bertz CT molecular complexity index is 1110. The van der Waals surface area contributed by atoms with Crippen molar-refractivity contribution in [3.63, 3.8) is 0 Å². The molecule has 0 aliphatic rings. The standard InChI is InChI=1S/C22H20N2O3S/c1-25-17-9-14(10-18(26-2)20(17)27-3)15-11-24-22(23)19-16(12-28-21(15)19)13-7-5-4-6-8-13/h4-12H,1-3H3,(H2,23,24). The normalized spacial score (nSPS) is 10.8. The molecular formula is C22H20N2O3S. The summed E-state index contributed by atoms with van der Waals surface area (Å²) in [6.45, 7) is 0. The van der Waals surface area contributed by atoms with Gasteiger partial charge in [0.25, 0.3) is 0 Å². The van der Waals surface area contributed by atoms with Crippen molar-refractivity contribution in [1.82, 2.24) is 4.98 Å². The molecule has 4 aromatic rings. The lowest BCUT2D eigenvalue weighted by atomic mass is 10.0. The van der Waals surface area contributed by atoms with Crippen molar-refractivity contribution in [3.05, 3.63) is 54.0 Å². The van der Waals surface area contributed by atoms with E-state index in [2.05, 4.69) is 22.5 Å². The summed E-state index contributed by atoms with van der Waals surface area (Å²) < 4.78 is 17.5. The zero-order valence-corrected chi connectivity index (χ0v) is 16.7. The number of nitrogen functional groups attached to an aromatic ring is 1. The number of benzene rings is 2. The van der Waals surface area contributed by atoms with Crippen molar-refractivity contribution in [2.24, 2.45) is 0 Å². The van der Waals surface area contributed by atoms with Crippen LogP contribution in [0.5, 0.6) is 17.2 Å². The molecule has 0 atom stereocenters. The predicted octanol–water partition coefficient (Wildman–Crippen LogP) is 5.24. The molecule has 0 spiro atoms. The van der Waals surface area contributed by atoms with Gasteiger partial charge in [-0.3, -0.25) is 0 Å². The van der Waals surface area contributed by atoms with Gasteiger partial charge < -0.3 is 19.9 Å². The molecule has 28 heavy (non-hydrogen) atoms. The van der Waals surface area contributed by atoms with Crippen molar-refractivity contribution in [1.29, 1.82) is 0 Å². The highest BCUT2D eigenvalue weighted by molar-refractivity contribution is 7.18. The second-order valence-corrected chi connectivity index (χ2v) is 7.07. The molecule has 0 aliphatic carbocycles. The molecule has 142 valence electrons. The number of nitrogens with two attached hydrogens (primary N) is 1. The molecule has 6 heteroatoms. The summed E-state index contributed by atoms with van der Waals surface area (Å²) in [4.78, 5) is 4.47. The molecule has 0 aliphatic heterocycles. The van der Waals surface area contributed by atoms with E-state index >= 15 is 0 Å². The molecule has 5 nitrogen and oxygen atoms in total. The van der Waals surface area contributed by atoms with E-state index in [4.69, 9.17) is 19.9 Å². The Labute approximate surface area is 167 Å². The van der Waals surface area contributed by atoms with Crippen LogP contribution in [0, 0.1) is 0 Å². The van der Waals surface area contributed by atoms with Gasteiger partial charge in [0.05, 0.1) is 21.3 Å². The van der Waals surface area contributed by atoms with Crippen LogP contribution in [-0.2, 0) is 0 Å². The maximum Gasteiger partial charge on any atom is 0.203 e. The van der Waals surface area contributed by atoms with Crippen LogP contribution in [-0.4, -0.2) is 26.3 Å². The summed E-state index contributed by atoms with van der Waals surface area (Å²) in [5, 5.41) is 3.09. The molecule has 0 bridgehead atoms. The SMILES string of the molecule is COc1cc(-c2cnc(N)c3c(-c4ccccc4)csc23)cc(OC)c1OC. The van der Waals surface area contributed by atoms with E-state index in [0.29, 0.717) is 23.1 Å². The van der Waals surface area contributed by atoms with Crippen molar-refractivity contribution in [2.45, 2.75) is 0 Å². The third-order valence-corrected chi connectivity index (χ3v) is 5.70. The Morgan fingerprint density at radius 3 is 2.14 bits per heavy atom. The molecule has 0 amide bonds. The Morgan fingerprint density at radius 2 is 1.54 bits per heavy atom. The van der Waals surface area contributed by atoms with Gasteiger partial charge in [-0.2, -0.15) is 0 Å². The Morgan fingerprint density at radius 1 is 0.857 bits per heavy atom. The van der Waals surface area contributed by atoms with Crippen molar-refractivity contribution < 1.29 is 14.2 Å². The average molecular weight is 392 g/mol. The summed E-state index contributed by atoms with van der Waals surface area (Å²) in [6.07, 6.45) is 1.80. The van der Waals surface area contributed by atoms with Gasteiger partial charge in [0.15, 0.2) is 11.5 Å². The van der Waals surface area contributed by atoms with E-state index < -0.39 is 0 Å². The lowest BCUT2D eigenvalue weighted by Gasteiger charge is -2.15. The predicted molar refractivity (Wildman–Crippen MR) is 115 cm³/mol. The number of pyridine rings is 1. The van der Waals surface area contributed by atoms with Gasteiger partial charge in [-0.1, -0.05) is 30.3 Å².